The molecule has 0 aromatic heterocycles. The van der Waals surface area contributed by atoms with E-state index in [2.05, 4.69) is 58.0 Å². The molecule has 1 aliphatic carbocycles. The van der Waals surface area contributed by atoms with Gasteiger partial charge in [-0.15, -0.1) is 0 Å². The van der Waals surface area contributed by atoms with Crippen LogP contribution >= 0.6 is 0 Å². The average molecular weight is 260 g/mol. The summed E-state index contributed by atoms with van der Waals surface area (Å²) in [6, 6.07) is 10.9. The van der Waals surface area contributed by atoms with Gasteiger partial charge in [0, 0.05) is 0 Å². The molecule has 0 radical (unpaired) electrons. The fourth-order valence-electron chi connectivity index (χ4n) is 2.44. The van der Waals surface area contributed by atoms with Gasteiger partial charge >= 0.3 is 114 Å². The van der Waals surface area contributed by atoms with Gasteiger partial charge in [0.25, 0.3) is 0 Å². The van der Waals surface area contributed by atoms with E-state index in [4.69, 9.17) is 0 Å². The van der Waals surface area contributed by atoms with Crippen LogP contribution in [0.3, 0.4) is 0 Å². The Labute approximate surface area is 114 Å². The average Bonchev–Trinajstić information content (AvgIpc) is 2.54. The third-order valence-corrected chi connectivity index (χ3v) is 6.74. The van der Waals surface area contributed by atoms with Gasteiger partial charge in [0.15, 0.2) is 0 Å². The predicted octanol–water partition coefficient (Wildman–Crippen LogP) is 4.53. The molecular weight excluding hydrogens is 240 g/mol. The van der Waals surface area contributed by atoms with E-state index in [0.29, 0.717) is 5.92 Å². The second-order valence-electron chi connectivity index (χ2n) is 4.91. The summed E-state index contributed by atoms with van der Waals surface area (Å²) in [6.45, 7) is 9.26. The zero-order chi connectivity index (χ0) is 12.4. The zero-order valence-corrected chi connectivity index (χ0v) is 12.7. The van der Waals surface area contributed by atoms with Crippen LogP contribution in [0.15, 0.2) is 50.9 Å². The van der Waals surface area contributed by atoms with Gasteiger partial charge in [-0.3, -0.25) is 0 Å². The summed E-state index contributed by atoms with van der Waals surface area (Å²) in [6.07, 6.45) is 0. The predicted molar refractivity (Wildman–Crippen MR) is 70.4 cm³/mol. The zero-order valence-electron chi connectivity index (χ0n) is 11.2. The molecule has 0 spiro atoms. The Hall–Kier alpha value is -0.586. The molecule has 1 unspecified atom stereocenters. The molecule has 0 heterocycles. The molecule has 0 N–H and O–H groups in total. The second kappa shape index (κ2) is 5.37. The Morgan fingerprint density at radius 2 is 1.65 bits per heavy atom. The molecule has 0 saturated heterocycles. The maximum atomic E-state index is 2.37. The Kier molecular flexibility index (Phi) is 4.06. The molecule has 1 aliphatic rings. The maximum absolute atomic E-state index is 2.37. The molecule has 2 rings (SSSR count). The molecule has 0 nitrogen and oxygen atoms in total. The molecule has 1 aromatic carbocycles. The molecule has 0 fully saturated rings. The molecule has 17 heavy (non-hydrogen) atoms. The molecule has 0 amide bonds. The minimum atomic E-state index is 0.00204. The van der Waals surface area contributed by atoms with E-state index in [9.17, 15) is 0 Å². The fourth-order valence-corrected chi connectivity index (χ4v) is 4.95. The van der Waals surface area contributed by atoms with Crippen molar-refractivity contribution in [2.45, 2.75) is 32.4 Å². The quantitative estimate of drug-likeness (QED) is 0.700. The molecule has 1 heteroatoms. The summed E-state index contributed by atoms with van der Waals surface area (Å²) in [5, 5.41) is 0. The van der Waals surface area contributed by atoms with Gasteiger partial charge < -0.3 is 0 Å². The van der Waals surface area contributed by atoms with Gasteiger partial charge in [-0.25, -0.2) is 0 Å². The topological polar surface area (TPSA) is 0 Å². The van der Waals surface area contributed by atoms with Crippen molar-refractivity contribution in [1.29, 1.82) is 0 Å². The SMILES string of the molecule is CC1=C(C)C(C)[C]([Ti][CH2]c2ccccc2)=C1C. The van der Waals surface area contributed by atoms with Gasteiger partial charge in [-0.2, -0.15) is 0 Å². The number of benzene rings is 1. The molecule has 1 atom stereocenters. The molecule has 1 aromatic rings. The monoisotopic (exact) mass is 260 g/mol. The van der Waals surface area contributed by atoms with Gasteiger partial charge in [0.05, 0.1) is 0 Å². The van der Waals surface area contributed by atoms with Crippen molar-refractivity contribution in [3.63, 3.8) is 0 Å². The van der Waals surface area contributed by atoms with Crippen molar-refractivity contribution in [3.8, 4) is 0 Å². The number of hydrogen-bond donors (Lipinski definition) is 0. The van der Waals surface area contributed by atoms with Crippen molar-refractivity contribution < 1.29 is 19.2 Å². The first kappa shape index (κ1) is 12.9. The van der Waals surface area contributed by atoms with E-state index in [0.717, 1.165) is 0 Å². The van der Waals surface area contributed by atoms with Crippen LogP contribution < -0.4 is 0 Å². The normalized spacial score (nSPS) is 20.1. The first-order valence-corrected chi connectivity index (χ1v) is 8.16. The van der Waals surface area contributed by atoms with Crippen LogP contribution in [0.4, 0.5) is 0 Å². The van der Waals surface area contributed by atoms with Crippen LogP contribution in [0.1, 0.15) is 33.3 Å². The van der Waals surface area contributed by atoms with Crippen molar-refractivity contribution in [1.82, 2.24) is 0 Å². The fraction of sp³-hybridized carbons (Fsp3) is 0.375. The molecule has 0 bridgehead atoms. The number of hydrogen-bond acceptors (Lipinski definition) is 0. The summed E-state index contributed by atoms with van der Waals surface area (Å²) in [4.78, 5) is 0. The molecule has 88 valence electrons. The summed E-state index contributed by atoms with van der Waals surface area (Å²) in [5.41, 5.74) is 6.23. The molecule has 0 saturated carbocycles. The van der Waals surface area contributed by atoms with Crippen molar-refractivity contribution >= 4 is 0 Å². The second-order valence-corrected chi connectivity index (χ2v) is 6.85. The van der Waals surface area contributed by atoms with E-state index in [-0.39, 0.29) is 19.2 Å². The number of allylic oxidation sites excluding steroid dienone is 4. The van der Waals surface area contributed by atoms with Crippen molar-refractivity contribution in [2.24, 2.45) is 5.92 Å². The standard InChI is InChI=1S/C9H13.C7H7.Ti/c1-6-5-7(2)9(4)8(6)3;1-7-5-3-2-4-6-7;/h6H,1-4H3;2-6H,1H2;. The van der Waals surface area contributed by atoms with E-state index in [1.807, 2.05) is 0 Å². The number of rotatable bonds is 3. The molecule has 0 aliphatic heterocycles. The van der Waals surface area contributed by atoms with E-state index in [1.54, 1.807) is 20.6 Å². The van der Waals surface area contributed by atoms with E-state index < -0.39 is 0 Å². The Bertz CT molecular complexity index is 466. The van der Waals surface area contributed by atoms with Gasteiger partial charge in [-0.1, -0.05) is 0 Å². The van der Waals surface area contributed by atoms with Crippen LogP contribution in [0.2, 0.25) is 0 Å². The third kappa shape index (κ3) is 2.64. The van der Waals surface area contributed by atoms with Crippen LogP contribution in [0.5, 0.6) is 0 Å². The summed E-state index contributed by atoms with van der Waals surface area (Å²) in [5.74, 6) is 0.707. The van der Waals surface area contributed by atoms with Crippen molar-refractivity contribution in [2.75, 3.05) is 0 Å². The van der Waals surface area contributed by atoms with Crippen LogP contribution in [-0.2, 0) is 23.9 Å². The van der Waals surface area contributed by atoms with Crippen LogP contribution in [0.25, 0.3) is 0 Å². The summed E-state index contributed by atoms with van der Waals surface area (Å²) >= 11 is 0.00204. The van der Waals surface area contributed by atoms with Crippen molar-refractivity contribution in [3.05, 3.63) is 56.5 Å². The summed E-state index contributed by atoms with van der Waals surface area (Å²) < 4.78 is 3.06. The first-order valence-electron chi connectivity index (χ1n) is 6.27. The van der Waals surface area contributed by atoms with E-state index in [1.165, 1.54) is 10.3 Å². The molecular formula is C16H20Ti. The van der Waals surface area contributed by atoms with Gasteiger partial charge in [-0.05, 0) is 0 Å². The van der Waals surface area contributed by atoms with Gasteiger partial charge in [0.1, 0.15) is 0 Å². The Morgan fingerprint density at radius 1 is 1.00 bits per heavy atom. The third-order valence-electron chi connectivity index (χ3n) is 3.97. The Balaban J connectivity index is 2.07. The first-order chi connectivity index (χ1) is 8.11. The Morgan fingerprint density at radius 3 is 2.18 bits per heavy atom. The minimum absolute atomic E-state index is 0.00204. The van der Waals surface area contributed by atoms with Crippen LogP contribution in [0, 0.1) is 5.92 Å². The van der Waals surface area contributed by atoms with Crippen LogP contribution in [-0.4, -0.2) is 0 Å². The van der Waals surface area contributed by atoms with E-state index >= 15 is 0 Å². The summed E-state index contributed by atoms with van der Waals surface area (Å²) in [7, 11) is 0. The van der Waals surface area contributed by atoms with Gasteiger partial charge in [0.2, 0.25) is 0 Å².